The molecule has 0 radical (unpaired) electrons. The molecule has 102 valence electrons. The quantitative estimate of drug-likeness (QED) is 0.841. The van der Waals surface area contributed by atoms with Crippen LogP contribution in [0.15, 0.2) is 18.2 Å². The molecule has 5 heteroatoms. The Morgan fingerprint density at radius 1 is 1.53 bits per heavy atom. The number of likely N-dealkylation sites (N-methyl/N-ethyl adjacent to an activating group) is 1. The largest absolute Gasteiger partial charge is 0.481 e. The van der Waals surface area contributed by atoms with E-state index in [1.807, 2.05) is 18.2 Å². The third-order valence-corrected chi connectivity index (χ3v) is 3.51. The van der Waals surface area contributed by atoms with Gasteiger partial charge in [0.25, 0.3) is 0 Å². The fourth-order valence-electron chi connectivity index (χ4n) is 2.36. The van der Waals surface area contributed by atoms with Crippen molar-refractivity contribution in [3.63, 3.8) is 0 Å². The summed E-state index contributed by atoms with van der Waals surface area (Å²) in [7, 11) is 1.76. The number of rotatable bonds is 5. The minimum Gasteiger partial charge on any atom is -0.481 e. The average Bonchev–Trinajstić information content (AvgIpc) is 2.64. The van der Waals surface area contributed by atoms with Crippen LogP contribution in [0.25, 0.3) is 0 Å². The van der Waals surface area contributed by atoms with Gasteiger partial charge in [0.15, 0.2) is 0 Å². The topological polar surface area (TPSA) is 83.6 Å². The van der Waals surface area contributed by atoms with Crippen molar-refractivity contribution in [2.24, 2.45) is 5.73 Å². The van der Waals surface area contributed by atoms with Gasteiger partial charge in [-0.1, -0.05) is 12.1 Å². The molecule has 0 aliphatic carbocycles. The van der Waals surface area contributed by atoms with E-state index in [-0.39, 0.29) is 18.4 Å². The predicted molar refractivity (Wildman–Crippen MR) is 72.0 cm³/mol. The van der Waals surface area contributed by atoms with E-state index >= 15 is 0 Å². The number of carbonyl (C=O) groups excluding carboxylic acids is 1. The lowest BCUT2D eigenvalue weighted by molar-refractivity contribution is -0.137. The number of carbonyl (C=O) groups is 2. The molecule has 0 bridgehead atoms. The second-order valence-corrected chi connectivity index (χ2v) is 4.91. The van der Waals surface area contributed by atoms with Crippen LogP contribution in [-0.4, -0.2) is 24.0 Å². The van der Waals surface area contributed by atoms with Crippen LogP contribution in [0.1, 0.15) is 36.4 Å². The van der Waals surface area contributed by atoms with Crippen molar-refractivity contribution >= 4 is 17.6 Å². The van der Waals surface area contributed by atoms with Crippen molar-refractivity contribution in [2.75, 3.05) is 11.9 Å². The van der Waals surface area contributed by atoms with Gasteiger partial charge in [-0.25, -0.2) is 0 Å². The number of benzene rings is 1. The predicted octanol–water partition coefficient (Wildman–Crippen LogP) is 1.46. The smallest absolute Gasteiger partial charge is 0.303 e. The number of aliphatic carboxylic acids is 1. The molecule has 1 atom stereocenters. The lowest BCUT2D eigenvalue weighted by Crippen LogP contribution is -2.20. The molecule has 3 N–H and O–H groups in total. The maximum absolute atomic E-state index is 11.6. The van der Waals surface area contributed by atoms with E-state index in [0.717, 1.165) is 16.8 Å². The van der Waals surface area contributed by atoms with Gasteiger partial charge in [0.05, 0.1) is 6.42 Å². The van der Waals surface area contributed by atoms with Crippen LogP contribution >= 0.6 is 0 Å². The fourth-order valence-corrected chi connectivity index (χ4v) is 2.36. The molecule has 1 aromatic rings. The number of nitrogens with two attached hydrogens (primary N) is 1. The molecule has 1 aliphatic heterocycles. The number of nitrogens with zero attached hydrogens (tertiary/aromatic N) is 1. The molecule has 1 aliphatic rings. The molecule has 5 nitrogen and oxygen atoms in total. The maximum Gasteiger partial charge on any atom is 0.303 e. The van der Waals surface area contributed by atoms with Gasteiger partial charge in [0.2, 0.25) is 5.91 Å². The fraction of sp³-hybridized carbons (Fsp3) is 0.429. The average molecular weight is 262 g/mol. The Labute approximate surface area is 112 Å². The molecule has 0 spiro atoms. The summed E-state index contributed by atoms with van der Waals surface area (Å²) < 4.78 is 0. The normalized spacial score (nSPS) is 15.5. The summed E-state index contributed by atoms with van der Waals surface area (Å²) in [6.07, 6.45) is 1.75. The Balaban J connectivity index is 2.04. The van der Waals surface area contributed by atoms with Crippen molar-refractivity contribution in [2.45, 2.75) is 31.7 Å². The molecule has 0 saturated carbocycles. The summed E-state index contributed by atoms with van der Waals surface area (Å²) >= 11 is 0. The van der Waals surface area contributed by atoms with Crippen LogP contribution in [-0.2, 0) is 16.0 Å². The Bertz CT molecular complexity index is 513. The first-order valence-electron chi connectivity index (χ1n) is 6.36. The van der Waals surface area contributed by atoms with Crippen LogP contribution in [0.5, 0.6) is 0 Å². The molecule has 19 heavy (non-hydrogen) atoms. The van der Waals surface area contributed by atoms with Crippen molar-refractivity contribution in [1.82, 2.24) is 0 Å². The Morgan fingerprint density at radius 3 is 2.95 bits per heavy atom. The van der Waals surface area contributed by atoms with Gasteiger partial charge < -0.3 is 15.7 Å². The summed E-state index contributed by atoms with van der Waals surface area (Å²) in [5.74, 6) is -0.708. The van der Waals surface area contributed by atoms with Gasteiger partial charge in [-0.15, -0.1) is 0 Å². The number of carboxylic acid groups (broad SMARTS) is 1. The van der Waals surface area contributed by atoms with E-state index < -0.39 is 5.97 Å². The molecule has 1 heterocycles. The van der Waals surface area contributed by atoms with Gasteiger partial charge in [0.1, 0.15) is 0 Å². The van der Waals surface area contributed by atoms with Gasteiger partial charge in [-0.2, -0.15) is 0 Å². The number of hydrogen-bond acceptors (Lipinski definition) is 3. The lowest BCUT2D eigenvalue weighted by atomic mass is 9.99. The Morgan fingerprint density at radius 2 is 2.26 bits per heavy atom. The van der Waals surface area contributed by atoms with Gasteiger partial charge >= 0.3 is 5.97 Å². The number of anilines is 1. The molecular formula is C14H18N2O3. The lowest BCUT2D eigenvalue weighted by Gasteiger charge is -2.14. The van der Waals surface area contributed by atoms with Crippen LogP contribution in [0.4, 0.5) is 5.69 Å². The summed E-state index contributed by atoms with van der Waals surface area (Å²) in [6, 6.07) is 5.61. The van der Waals surface area contributed by atoms with Crippen molar-refractivity contribution in [3.8, 4) is 0 Å². The van der Waals surface area contributed by atoms with E-state index in [1.54, 1.807) is 11.9 Å². The molecule has 1 amide bonds. The molecule has 0 aromatic heterocycles. The molecule has 2 rings (SSSR count). The van der Waals surface area contributed by atoms with Gasteiger partial charge in [0, 0.05) is 25.2 Å². The third-order valence-electron chi connectivity index (χ3n) is 3.51. The Hall–Kier alpha value is -1.88. The first-order chi connectivity index (χ1) is 8.99. The van der Waals surface area contributed by atoms with E-state index in [9.17, 15) is 9.59 Å². The Kier molecular flexibility index (Phi) is 3.85. The first kappa shape index (κ1) is 13.5. The van der Waals surface area contributed by atoms with Crippen LogP contribution in [0, 0.1) is 0 Å². The molecular weight excluding hydrogens is 244 g/mol. The van der Waals surface area contributed by atoms with Crippen LogP contribution in [0.2, 0.25) is 0 Å². The SMILES string of the molecule is CN1C(=O)Cc2cc(C(N)CCCC(=O)O)ccc21. The monoisotopic (exact) mass is 262 g/mol. The number of amides is 1. The highest BCUT2D eigenvalue weighted by Gasteiger charge is 2.24. The van der Waals surface area contributed by atoms with Crippen LogP contribution in [0.3, 0.4) is 0 Å². The minimum absolute atomic E-state index is 0.0894. The maximum atomic E-state index is 11.6. The van der Waals surface area contributed by atoms with Crippen molar-refractivity contribution in [3.05, 3.63) is 29.3 Å². The van der Waals surface area contributed by atoms with Crippen molar-refractivity contribution < 1.29 is 14.7 Å². The van der Waals surface area contributed by atoms with E-state index in [0.29, 0.717) is 19.3 Å². The highest BCUT2D eigenvalue weighted by molar-refractivity contribution is 6.00. The van der Waals surface area contributed by atoms with E-state index in [1.165, 1.54) is 0 Å². The highest BCUT2D eigenvalue weighted by atomic mass is 16.4. The second-order valence-electron chi connectivity index (χ2n) is 4.91. The van der Waals surface area contributed by atoms with Gasteiger partial charge in [-0.3, -0.25) is 9.59 Å². The molecule has 0 fully saturated rings. The standard InChI is InChI=1S/C14H18N2O3/c1-16-12-6-5-9(7-10(12)8-13(16)17)11(15)3-2-4-14(18)19/h5-7,11H,2-4,8,15H2,1H3,(H,18,19). The summed E-state index contributed by atoms with van der Waals surface area (Å²) in [6.45, 7) is 0. The number of hydrogen-bond donors (Lipinski definition) is 2. The zero-order valence-electron chi connectivity index (χ0n) is 10.9. The van der Waals surface area contributed by atoms with Crippen LogP contribution < -0.4 is 10.6 Å². The zero-order chi connectivity index (χ0) is 14.0. The molecule has 1 aromatic carbocycles. The molecule has 1 unspecified atom stereocenters. The first-order valence-corrected chi connectivity index (χ1v) is 6.36. The minimum atomic E-state index is -0.798. The van der Waals surface area contributed by atoms with Crippen molar-refractivity contribution in [1.29, 1.82) is 0 Å². The van der Waals surface area contributed by atoms with Gasteiger partial charge in [-0.05, 0) is 30.0 Å². The number of carboxylic acids is 1. The summed E-state index contributed by atoms with van der Waals surface area (Å²) in [5.41, 5.74) is 8.95. The summed E-state index contributed by atoms with van der Waals surface area (Å²) in [4.78, 5) is 23.7. The zero-order valence-corrected chi connectivity index (χ0v) is 10.9. The third kappa shape index (κ3) is 2.93. The number of fused-ring (bicyclic) bond motifs is 1. The van der Waals surface area contributed by atoms with E-state index in [2.05, 4.69) is 0 Å². The second kappa shape index (κ2) is 5.40. The summed E-state index contributed by atoms with van der Waals surface area (Å²) in [5, 5.41) is 8.60. The van der Waals surface area contributed by atoms with E-state index in [4.69, 9.17) is 10.8 Å². The highest BCUT2D eigenvalue weighted by Crippen LogP contribution is 2.30. The molecule has 0 saturated heterocycles.